The van der Waals surface area contributed by atoms with E-state index >= 15 is 0 Å². The van der Waals surface area contributed by atoms with Gasteiger partial charge < -0.3 is 0 Å². The molecule has 0 radical (unpaired) electrons. The zero-order valence-corrected chi connectivity index (χ0v) is 16.8. The van der Waals surface area contributed by atoms with E-state index in [4.69, 9.17) is 0 Å². The van der Waals surface area contributed by atoms with Crippen molar-refractivity contribution in [3.05, 3.63) is 28.3 Å². The first-order valence-electron chi connectivity index (χ1n) is 8.71. The summed E-state index contributed by atoms with van der Waals surface area (Å²) >= 11 is 0. The third-order valence-corrected chi connectivity index (χ3v) is 6.01. The monoisotopic (exact) mass is 384 g/mol. The predicted molar refractivity (Wildman–Crippen MR) is 104 cm³/mol. The Balaban J connectivity index is 3.14. The first-order valence-corrected chi connectivity index (χ1v) is 10.1. The summed E-state index contributed by atoms with van der Waals surface area (Å²) in [5.41, 5.74) is 3.36. The lowest BCUT2D eigenvalue weighted by atomic mass is 10.1. The smallest absolute Gasteiger partial charge is 0.272 e. The maximum absolute atomic E-state index is 12.6. The number of hydrogen-bond acceptors (Lipinski definition) is 6. The van der Waals surface area contributed by atoms with Crippen molar-refractivity contribution in [3.8, 4) is 0 Å². The number of rotatable bonds is 10. The largest absolute Gasteiger partial charge is 0.295 e. The molecule has 0 aromatic heterocycles. The normalized spacial score (nSPS) is 12.7. The van der Waals surface area contributed by atoms with Gasteiger partial charge in [-0.2, -0.15) is 9.41 Å². The molecule has 26 heavy (non-hydrogen) atoms. The zero-order chi connectivity index (χ0) is 19.9. The molecule has 0 amide bonds. The van der Waals surface area contributed by atoms with Crippen molar-refractivity contribution in [1.29, 1.82) is 0 Å². The second kappa shape index (κ2) is 9.63. The fraction of sp³-hybridized carbons (Fsp3) is 0.588. The number of hydrazone groups is 1. The highest BCUT2D eigenvalue weighted by molar-refractivity contribution is 7.89. The van der Waals surface area contributed by atoms with Crippen LogP contribution in [0.1, 0.15) is 47.5 Å². The van der Waals surface area contributed by atoms with Gasteiger partial charge in [-0.15, -0.1) is 0 Å². The molecule has 0 fully saturated rings. The molecule has 0 unspecified atom stereocenters. The van der Waals surface area contributed by atoms with Crippen molar-refractivity contribution >= 4 is 27.1 Å². The Morgan fingerprint density at radius 1 is 1.31 bits per heavy atom. The Morgan fingerprint density at radius 2 is 1.92 bits per heavy atom. The van der Waals surface area contributed by atoms with Crippen LogP contribution in [0, 0.1) is 16.0 Å². The van der Waals surface area contributed by atoms with Crippen LogP contribution in [-0.2, 0) is 10.0 Å². The average Bonchev–Trinajstić information content (AvgIpc) is 2.58. The van der Waals surface area contributed by atoms with Gasteiger partial charge in [0.15, 0.2) is 0 Å². The Bertz CT molecular complexity index is 756. The molecule has 0 atom stereocenters. The molecule has 0 saturated heterocycles. The minimum absolute atomic E-state index is 0.0982. The molecule has 0 bridgehead atoms. The van der Waals surface area contributed by atoms with Gasteiger partial charge in [-0.1, -0.05) is 27.7 Å². The fourth-order valence-electron chi connectivity index (χ4n) is 2.34. The van der Waals surface area contributed by atoms with Gasteiger partial charge in [0.2, 0.25) is 10.0 Å². The molecule has 0 spiro atoms. The van der Waals surface area contributed by atoms with Gasteiger partial charge >= 0.3 is 0 Å². The molecule has 1 aromatic rings. The van der Waals surface area contributed by atoms with Crippen LogP contribution < -0.4 is 5.43 Å². The molecule has 0 aliphatic heterocycles. The number of anilines is 1. The van der Waals surface area contributed by atoms with E-state index in [-0.39, 0.29) is 16.3 Å². The first kappa shape index (κ1) is 22.0. The molecule has 1 N–H and O–H groups in total. The number of nitro groups is 1. The van der Waals surface area contributed by atoms with Crippen LogP contribution in [0.2, 0.25) is 0 Å². The van der Waals surface area contributed by atoms with Crippen LogP contribution in [0.5, 0.6) is 0 Å². The van der Waals surface area contributed by atoms with Crippen LogP contribution in [0.25, 0.3) is 0 Å². The van der Waals surface area contributed by atoms with Gasteiger partial charge in [-0.05, 0) is 37.8 Å². The van der Waals surface area contributed by atoms with Crippen molar-refractivity contribution < 1.29 is 13.3 Å². The van der Waals surface area contributed by atoms with E-state index in [9.17, 15) is 18.5 Å². The Kier molecular flexibility index (Phi) is 8.16. The van der Waals surface area contributed by atoms with E-state index in [1.54, 1.807) is 13.8 Å². The summed E-state index contributed by atoms with van der Waals surface area (Å²) < 4.78 is 26.4. The summed E-state index contributed by atoms with van der Waals surface area (Å²) in [5, 5.41) is 15.5. The summed E-state index contributed by atoms with van der Waals surface area (Å²) in [5.74, 6) is 0.541. The van der Waals surface area contributed by atoms with Crippen molar-refractivity contribution in [2.24, 2.45) is 11.0 Å². The van der Waals surface area contributed by atoms with E-state index in [2.05, 4.69) is 24.4 Å². The van der Waals surface area contributed by atoms with E-state index < -0.39 is 14.9 Å². The summed E-state index contributed by atoms with van der Waals surface area (Å²) in [7, 11) is -3.76. The third kappa shape index (κ3) is 5.77. The van der Waals surface area contributed by atoms with Gasteiger partial charge in [0, 0.05) is 24.9 Å². The summed E-state index contributed by atoms with van der Waals surface area (Å²) in [6, 6.07) is 3.82. The zero-order valence-electron chi connectivity index (χ0n) is 16.0. The Labute approximate surface area is 155 Å². The maximum Gasteiger partial charge on any atom is 0.295 e. The highest BCUT2D eigenvalue weighted by atomic mass is 32.2. The summed E-state index contributed by atoms with van der Waals surface area (Å²) in [4.78, 5) is 10.7. The number of nitro benzene ring substituents is 1. The lowest BCUT2D eigenvalue weighted by molar-refractivity contribution is -0.384. The number of nitrogens with zero attached hydrogens (tertiary/aromatic N) is 3. The van der Waals surface area contributed by atoms with Crippen molar-refractivity contribution in [2.75, 3.05) is 18.5 Å². The van der Waals surface area contributed by atoms with Crippen LogP contribution in [-0.4, -0.2) is 36.4 Å². The van der Waals surface area contributed by atoms with Crippen molar-refractivity contribution in [2.45, 2.75) is 52.4 Å². The molecule has 0 aliphatic rings. The molecule has 0 saturated carbocycles. The second-order valence-corrected chi connectivity index (χ2v) is 8.35. The van der Waals surface area contributed by atoms with Crippen LogP contribution in [0.15, 0.2) is 28.2 Å². The minimum atomic E-state index is -3.76. The van der Waals surface area contributed by atoms with Gasteiger partial charge in [-0.3, -0.25) is 15.5 Å². The van der Waals surface area contributed by atoms with Gasteiger partial charge in [0.05, 0.1) is 9.82 Å². The third-order valence-electron chi connectivity index (χ3n) is 3.96. The number of nitrogens with one attached hydrogen (secondary N) is 1. The number of sulfonamides is 1. The topological polar surface area (TPSA) is 105 Å². The van der Waals surface area contributed by atoms with Crippen LogP contribution >= 0.6 is 0 Å². The van der Waals surface area contributed by atoms with Gasteiger partial charge in [0.1, 0.15) is 5.69 Å². The van der Waals surface area contributed by atoms with E-state index in [1.807, 2.05) is 6.92 Å². The molecule has 9 heteroatoms. The summed E-state index contributed by atoms with van der Waals surface area (Å²) in [6.07, 6.45) is 1.76. The minimum Gasteiger partial charge on any atom is -0.272 e. The lowest BCUT2D eigenvalue weighted by Gasteiger charge is -2.18. The molecule has 1 rings (SSSR count). The molecular formula is C17H28N4O4S. The highest BCUT2D eigenvalue weighted by Gasteiger charge is 2.25. The average molecular weight is 385 g/mol. The SMILES string of the molecule is CCN(CC)S(=O)(=O)c1ccc(NN=C(C)CCC(C)C)c([N+](=O)[O-])c1. The first-order chi connectivity index (χ1) is 12.1. The standard InChI is InChI=1S/C17H28N4O4S/c1-6-20(7-2)26(24,25)15-10-11-16(17(12-15)21(22)23)19-18-14(5)9-8-13(3)4/h10-13,19H,6-9H2,1-5H3. The maximum atomic E-state index is 12.6. The van der Waals surface area contributed by atoms with E-state index in [0.717, 1.165) is 24.6 Å². The molecule has 8 nitrogen and oxygen atoms in total. The molecular weight excluding hydrogens is 356 g/mol. The van der Waals surface area contributed by atoms with E-state index in [0.29, 0.717) is 19.0 Å². The molecule has 0 aliphatic carbocycles. The number of hydrogen-bond donors (Lipinski definition) is 1. The quantitative estimate of drug-likeness (QED) is 0.375. The molecule has 0 heterocycles. The van der Waals surface area contributed by atoms with Gasteiger partial charge in [0.25, 0.3) is 5.69 Å². The van der Waals surface area contributed by atoms with Crippen molar-refractivity contribution in [1.82, 2.24) is 4.31 Å². The highest BCUT2D eigenvalue weighted by Crippen LogP contribution is 2.29. The Morgan fingerprint density at radius 3 is 2.42 bits per heavy atom. The van der Waals surface area contributed by atoms with Gasteiger partial charge in [-0.25, -0.2) is 8.42 Å². The predicted octanol–water partition coefficient (Wildman–Crippen LogP) is 3.85. The van der Waals surface area contributed by atoms with Crippen molar-refractivity contribution in [3.63, 3.8) is 0 Å². The van der Waals surface area contributed by atoms with E-state index in [1.165, 1.54) is 16.4 Å². The number of benzene rings is 1. The van der Waals surface area contributed by atoms with Crippen LogP contribution in [0.4, 0.5) is 11.4 Å². The lowest BCUT2D eigenvalue weighted by Crippen LogP contribution is -2.30. The fourth-order valence-corrected chi connectivity index (χ4v) is 3.82. The summed E-state index contributed by atoms with van der Waals surface area (Å²) in [6.45, 7) is 10.1. The molecule has 146 valence electrons. The second-order valence-electron chi connectivity index (χ2n) is 6.42. The van der Waals surface area contributed by atoms with Crippen LogP contribution in [0.3, 0.4) is 0 Å². The molecule has 1 aromatic carbocycles. The Hall–Kier alpha value is -2.00.